The zero-order chi connectivity index (χ0) is 16.1. The van der Waals surface area contributed by atoms with Crippen LogP contribution in [-0.2, 0) is 9.59 Å². The zero-order valence-corrected chi connectivity index (χ0v) is 14.2. The number of amides is 2. The van der Waals surface area contributed by atoms with Crippen LogP contribution in [0.2, 0.25) is 0 Å². The van der Waals surface area contributed by atoms with Crippen molar-refractivity contribution in [1.82, 2.24) is 10.6 Å². The molecule has 1 aromatic rings. The third-order valence-corrected chi connectivity index (χ3v) is 3.46. The van der Waals surface area contributed by atoms with Gasteiger partial charge in [0, 0.05) is 6.04 Å². The Labute approximate surface area is 142 Å². The lowest BCUT2D eigenvalue weighted by Crippen LogP contribution is -2.39. The van der Waals surface area contributed by atoms with E-state index in [-0.39, 0.29) is 36.9 Å². The SMILES string of the molecule is CC(NC(=O)[C@H](C)N)c1ccc(OCC(=O)NC2CC2)cc1.Cl. The number of rotatable bonds is 7. The normalized spacial score (nSPS) is 15.8. The predicted molar refractivity (Wildman–Crippen MR) is 90.6 cm³/mol. The van der Waals surface area contributed by atoms with Gasteiger partial charge in [-0.3, -0.25) is 9.59 Å². The maximum Gasteiger partial charge on any atom is 0.258 e. The average Bonchev–Trinajstić information content (AvgIpc) is 3.29. The Bertz CT molecular complexity index is 530. The van der Waals surface area contributed by atoms with Crippen LogP contribution in [0.15, 0.2) is 24.3 Å². The van der Waals surface area contributed by atoms with Gasteiger partial charge in [-0.05, 0) is 44.4 Å². The third-order valence-electron chi connectivity index (χ3n) is 3.46. The molecule has 128 valence electrons. The first-order valence-corrected chi connectivity index (χ1v) is 7.54. The molecule has 1 aliphatic carbocycles. The standard InChI is InChI=1S/C16H23N3O3.ClH/c1-10(17)16(21)18-11(2)12-3-7-14(8-4-12)22-9-15(20)19-13-5-6-13;/h3-4,7-8,10-11,13H,5-6,9,17H2,1-2H3,(H,18,21)(H,19,20);1H/t10-,11?;/m0./s1. The maximum absolute atomic E-state index is 11.6. The largest absolute Gasteiger partial charge is 0.484 e. The number of carbonyl (C=O) groups is 2. The number of ether oxygens (including phenoxy) is 1. The molecule has 1 fully saturated rings. The summed E-state index contributed by atoms with van der Waals surface area (Å²) >= 11 is 0. The van der Waals surface area contributed by atoms with Gasteiger partial charge in [0.2, 0.25) is 5.91 Å². The molecule has 0 spiro atoms. The molecule has 2 atom stereocenters. The first kappa shape index (κ1) is 19.3. The van der Waals surface area contributed by atoms with Crippen molar-refractivity contribution in [3.63, 3.8) is 0 Å². The monoisotopic (exact) mass is 341 g/mol. The van der Waals surface area contributed by atoms with Crippen molar-refractivity contribution in [1.29, 1.82) is 0 Å². The fourth-order valence-electron chi connectivity index (χ4n) is 1.93. The van der Waals surface area contributed by atoms with E-state index in [1.807, 2.05) is 19.1 Å². The Morgan fingerprint density at radius 3 is 2.39 bits per heavy atom. The molecule has 1 aliphatic rings. The Hall–Kier alpha value is -1.79. The molecule has 0 radical (unpaired) electrons. The number of halogens is 1. The summed E-state index contributed by atoms with van der Waals surface area (Å²) in [5, 5.41) is 5.69. The number of benzene rings is 1. The van der Waals surface area contributed by atoms with Crippen LogP contribution >= 0.6 is 12.4 Å². The van der Waals surface area contributed by atoms with Gasteiger partial charge in [0.05, 0.1) is 12.1 Å². The number of hydrogen-bond acceptors (Lipinski definition) is 4. The Morgan fingerprint density at radius 1 is 1.26 bits per heavy atom. The van der Waals surface area contributed by atoms with E-state index in [0.717, 1.165) is 18.4 Å². The first-order chi connectivity index (χ1) is 10.5. The van der Waals surface area contributed by atoms with Gasteiger partial charge in [-0.15, -0.1) is 12.4 Å². The van der Waals surface area contributed by atoms with Crippen molar-refractivity contribution in [2.45, 2.75) is 44.8 Å². The van der Waals surface area contributed by atoms with Crippen molar-refractivity contribution in [3.8, 4) is 5.75 Å². The highest BCUT2D eigenvalue weighted by Gasteiger charge is 2.23. The van der Waals surface area contributed by atoms with E-state index in [4.69, 9.17) is 10.5 Å². The molecule has 0 bridgehead atoms. The summed E-state index contributed by atoms with van der Waals surface area (Å²) in [4.78, 5) is 23.1. The molecular weight excluding hydrogens is 318 g/mol. The molecule has 0 saturated heterocycles. The predicted octanol–water partition coefficient (Wildman–Crippen LogP) is 1.29. The van der Waals surface area contributed by atoms with E-state index >= 15 is 0 Å². The molecule has 23 heavy (non-hydrogen) atoms. The highest BCUT2D eigenvalue weighted by atomic mass is 35.5. The first-order valence-electron chi connectivity index (χ1n) is 7.54. The van der Waals surface area contributed by atoms with Crippen LogP contribution in [0.25, 0.3) is 0 Å². The Balaban J connectivity index is 0.00000264. The van der Waals surface area contributed by atoms with Gasteiger partial charge in [0.15, 0.2) is 6.61 Å². The van der Waals surface area contributed by atoms with Gasteiger partial charge in [-0.25, -0.2) is 0 Å². The van der Waals surface area contributed by atoms with Gasteiger partial charge in [-0.1, -0.05) is 12.1 Å². The van der Waals surface area contributed by atoms with Gasteiger partial charge in [-0.2, -0.15) is 0 Å². The molecule has 1 unspecified atom stereocenters. The zero-order valence-electron chi connectivity index (χ0n) is 13.4. The van der Waals surface area contributed by atoms with E-state index in [0.29, 0.717) is 11.8 Å². The van der Waals surface area contributed by atoms with Gasteiger partial charge >= 0.3 is 0 Å². The van der Waals surface area contributed by atoms with E-state index < -0.39 is 6.04 Å². The van der Waals surface area contributed by atoms with Crippen LogP contribution in [0.5, 0.6) is 5.75 Å². The summed E-state index contributed by atoms with van der Waals surface area (Å²) in [6, 6.07) is 6.97. The van der Waals surface area contributed by atoms with Gasteiger partial charge in [0.25, 0.3) is 5.91 Å². The molecule has 0 heterocycles. The van der Waals surface area contributed by atoms with Crippen LogP contribution in [0.4, 0.5) is 0 Å². The highest BCUT2D eigenvalue weighted by Crippen LogP contribution is 2.19. The number of nitrogens with one attached hydrogen (secondary N) is 2. The third kappa shape index (κ3) is 6.46. The second-order valence-electron chi connectivity index (χ2n) is 5.72. The van der Waals surface area contributed by atoms with Crippen LogP contribution in [0.1, 0.15) is 38.3 Å². The Kier molecular flexibility index (Phi) is 7.32. The summed E-state index contributed by atoms with van der Waals surface area (Å²) in [6.45, 7) is 3.55. The van der Waals surface area contributed by atoms with E-state index in [2.05, 4.69) is 10.6 Å². The molecule has 0 aromatic heterocycles. The minimum absolute atomic E-state index is 0. The summed E-state index contributed by atoms with van der Waals surface area (Å²) in [7, 11) is 0. The molecule has 4 N–H and O–H groups in total. The van der Waals surface area contributed by atoms with Crippen molar-refractivity contribution >= 4 is 24.2 Å². The molecule has 6 nitrogen and oxygen atoms in total. The molecule has 7 heteroatoms. The smallest absolute Gasteiger partial charge is 0.258 e. The quantitative estimate of drug-likeness (QED) is 0.696. The molecule has 1 saturated carbocycles. The number of carbonyl (C=O) groups excluding carboxylic acids is 2. The fourth-order valence-corrected chi connectivity index (χ4v) is 1.93. The lowest BCUT2D eigenvalue weighted by molar-refractivity contribution is -0.123. The second kappa shape index (κ2) is 8.74. The fraction of sp³-hybridized carbons (Fsp3) is 0.500. The number of hydrogen-bond donors (Lipinski definition) is 3. The minimum Gasteiger partial charge on any atom is -0.484 e. The summed E-state index contributed by atoms with van der Waals surface area (Å²) < 4.78 is 5.43. The van der Waals surface area contributed by atoms with Gasteiger partial charge in [0.1, 0.15) is 5.75 Å². The van der Waals surface area contributed by atoms with Crippen LogP contribution in [0.3, 0.4) is 0 Å². The minimum atomic E-state index is -0.532. The summed E-state index contributed by atoms with van der Waals surface area (Å²) in [5.74, 6) is 0.342. The van der Waals surface area contributed by atoms with Crippen LogP contribution < -0.4 is 21.1 Å². The Morgan fingerprint density at radius 2 is 1.87 bits per heavy atom. The lowest BCUT2D eigenvalue weighted by atomic mass is 10.1. The highest BCUT2D eigenvalue weighted by molar-refractivity contribution is 5.85. The second-order valence-corrected chi connectivity index (χ2v) is 5.72. The molecular formula is C16H24ClN3O3. The molecule has 2 rings (SSSR count). The van der Waals surface area contributed by atoms with E-state index in [9.17, 15) is 9.59 Å². The van der Waals surface area contributed by atoms with E-state index in [1.54, 1.807) is 19.1 Å². The molecule has 1 aromatic carbocycles. The summed E-state index contributed by atoms with van der Waals surface area (Å²) in [6.07, 6.45) is 2.12. The molecule has 0 aliphatic heterocycles. The van der Waals surface area contributed by atoms with Crippen molar-refractivity contribution in [2.75, 3.05) is 6.61 Å². The average molecular weight is 342 g/mol. The maximum atomic E-state index is 11.6. The van der Waals surface area contributed by atoms with Crippen molar-refractivity contribution < 1.29 is 14.3 Å². The summed E-state index contributed by atoms with van der Waals surface area (Å²) in [5.41, 5.74) is 6.47. The van der Waals surface area contributed by atoms with Crippen LogP contribution in [0, 0.1) is 0 Å². The van der Waals surface area contributed by atoms with Crippen molar-refractivity contribution in [2.24, 2.45) is 5.73 Å². The van der Waals surface area contributed by atoms with Gasteiger partial charge < -0.3 is 21.1 Å². The molecule has 2 amide bonds. The number of nitrogens with two attached hydrogens (primary N) is 1. The lowest BCUT2D eigenvalue weighted by Gasteiger charge is -2.16. The van der Waals surface area contributed by atoms with E-state index in [1.165, 1.54) is 0 Å². The topological polar surface area (TPSA) is 93.5 Å². The van der Waals surface area contributed by atoms with Crippen LogP contribution in [-0.4, -0.2) is 30.5 Å². The van der Waals surface area contributed by atoms with Crippen molar-refractivity contribution in [3.05, 3.63) is 29.8 Å².